The molecule has 1 atom stereocenters. The van der Waals surface area contributed by atoms with Crippen molar-refractivity contribution in [3.8, 4) is 11.8 Å². The van der Waals surface area contributed by atoms with Crippen molar-refractivity contribution in [1.29, 1.82) is 0 Å². The third-order valence-electron chi connectivity index (χ3n) is 5.42. The van der Waals surface area contributed by atoms with E-state index in [0.717, 1.165) is 84.8 Å². The first kappa shape index (κ1) is 22.6. The largest absolute Gasteiger partial charge is 0.353 e. The maximum atomic E-state index is 5.75. The van der Waals surface area contributed by atoms with E-state index in [1.165, 1.54) is 6.42 Å². The molecule has 0 saturated carbocycles. The number of hydrogen-bond acceptors (Lipinski definition) is 6. The van der Waals surface area contributed by atoms with E-state index < -0.39 is 0 Å². The monoisotopic (exact) mass is 380 g/mol. The van der Waals surface area contributed by atoms with Crippen molar-refractivity contribution in [1.82, 2.24) is 19.6 Å². The highest BCUT2D eigenvalue weighted by Crippen LogP contribution is 2.13. The van der Waals surface area contributed by atoms with Gasteiger partial charge >= 0.3 is 0 Å². The Hall–Kier alpha value is -0.680. The van der Waals surface area contributed by atoms with E-state index in [4.69, 9.17) is 9.47 Å². The Morgan fingerprint density at radius 3 is 1.96 bits per heavy atom. The van der Waals surface area contributed by atoms with E-state index in [9.17, 15) is 0 Å². The van der Waals surface area contributed by atoms with Gasteiger partial charge in [-0.05, 0) is 40.4 Å². The fourth-order valence-corrected chi connectivity index (χ4v) is 3.25. The van der Waals surface area contributed by atoms with Crippen molar-refractivity contribution in [2.24, 2.45) is 0 Å². The van der Waals surface area contributed by atoms with E-state index in [2.05, 4.69) is 52.6 Å². The molecular weight excluding hydrogens is 340 g/mol. The maximum Gasteiger partial charge on any atom is 0.157 e. The molecular formula is C21H40N4O2. The van der Waals surface area contributed by atoms with Crippen LogP contribution in [0.1, 0.15) is 25.7 Å². The van der Waals surface area contributed by atoms with Crippen molar-refractivity contribution in [2.45, 2.75) is 32.0 Å². The van der Waals surface area contributed by atoms with Crippen molar-refractivity contribution < 1.29 is 9.47 Å². The summed E-state index contributed by atoms with van der Waals surface area (Å²) in [5.41, 5.74) is 0. The molecule has 2 rings (SSSR count). The molecule has 2 saturated heterocycles. The Morgan fingerprint density at radius 2 is 1.41 bits per heavy atom. The third-order valence-corrected chi connectivity index (χ3v) is 5.42. The molecule has 0 aromatic carbocycles. The summed E-state index contributed by atoms with van der Waals surface area (Å²) in [5, 5.41) is 0. The van der Waals surface area contributed by atoms with Crippen LogP contribution in [0.5, 0.6) is 0 Å². The summed E-state index contributed by atoms with van der Waals surface area (Å²) in [4.78, 5) is 9.77. The van der Waals surface area contributed by atoms with Gasteiger partial charge in [-0.2, -0.15) is 0 Å². The zero-order chi connectivity index (χ0) is 19.3. The van der Waals surface area contributed by atoms with Gasteiger partial charge < -0.3 is 24.2 Å². The van der Waals surface area contributed by atoms with Crippen molar-refractivity contribution in [2.75, 3.05) is 93.3 Å². The zero-order valence-corrected chi connectivity index (χ0v) is 17.8. The third kappa shape index (κ3) is 10.4. The minimum absolute atomic E-state index is 0.000674. The molecule has 6 heteroatoms. The average molecular weight is 381 g/mol. The average Bonchev–Trinajstić information content (AvgIpc) is 2.68. The fourth-order valence-electron chi connectivity index (χ4n) is 3.25. The highest BCUT2D eigenvalue weighted by atomic mass is 16.7. The maximum absolute atomic E-state index is 5.75. The molecule has 0 amide bonds. The normalized spacial score (nSPS) is 26.0. The first-order valence-corrected chi connectivity index (χ1v) is 10.6. The Kier molecular flexibility index (Phi) is 11.3. The van der Waals surface area contributed by atoms with Crippen LogP contribution in [0.3, 0.4) is 0 Å². The van der Waals surface area contributed by atoms with Crippen LogP contribution in [-0.4, -0.2) is 119 Å². The Bertz CT molecular complexity index is 427. The van der Waals surface area contributed by atoms with E-state index >= 15 is 0 Å². The van der Waals surface area contributed by atoms with Gasteiger partial charge in [-0.3, -0.25) is 4.90 Å². The first-order valence-electron chi connectivity index (χ1n) is 10.6. The van der Waals surface area contributed by atoms with Crippen LogP contribution in [-0.2, 0) is 9.47 Å². The number of hydrogen-bond donors (Lipinski definition) is 0. The van der Waals surface area contributed by atoms with Crippen LogP contribution in [0.4, 0.5) is 0 Å². The number of rotatable bonds is 4. The second-order valence-corrected chi connectivity index (χ2v) is 7.96. The lowest BCUT2D eigenvalue weighted by molar-refractivity contribution is -0.161. The topological polar surface area (TPSA) is 31.4 Å². The molecule has 0 radical (unpaired) electrons. The lowest BCUT2D eigenvalue weighted by atomic mass is 10.2. The highest BCUT2D eigenvalue weighted by Gasteiger charge is 2.13. The van der Waals surface area contributed by atoms with Crippen molar-refractivity contribution >= 4 is 0 Å². The van der Waals surface area contributed by atoms with E-state index in [0.29, 0.717) is 6.61 Å². The summed E-state index contributed by atoms with van der Waals surface area (Å²) in [5.74, 6) is 6.63. The summed E-state index contributed by atoms with van der Waals surface area (Å²) in [6, 6.07) is 0. The molecule has 2 aliphatic rings. The zero-order valence-electron chi connectivity index (χ0n) is 17.8. The van der Waals surface area contributed by atoms with Gasteiger partial charge in [0.15, 0.2) is 6.29 Å². The Morgan fingerprint density at radius 1 is 0.815 bits per heavy atom. The molecule has 2 fully saturated rings. The van der Waals surface area contributed by atoms with Crippen LogP contribution in [0.2, 0.25) is 0 Å². The van der Waals surface area contributed by atoms with Crippen LogP contribution in [0.25, 0.3) is 0 Å². The smallest absolute Gasteiger partial charge is 0.157 e. The molecule has 0 aromatic heterocycles. The van der Waals surface area contributed by atoms with Gasteiger partial charge in [0.2, 0.25) is 0 Å². The van der Waals surface area contributed by atoms with Gasteiger partial charge in [-0.25, -0.2) is 0 Å². The summed E-state index contributed by atoms with van der Waals surface area (Å²) in [7, 11) is 6.67. The summed E-state index contributed by atoms with van der Waals surface area (Å²) in [6.07, 6.45) is 4.19. The number of ether oxygens (including phenoxy) is 2. The molecule has 2 heterocycles. The molecule has 0 aliphatic carbocycles. The van der Waals surface area contributed by atoms with E-state index in [1.54, 1.807) is 0 Å². The quantitative estimate of drug-likeness (QED) is 0.535. The predicted molar refractivity (Wildman–Crippen MR) is 111 cm³/mol. The molecule has 27 heavy (non-hydrogen) atoms. The van der Waals surface area contributed by atoms with Crippen LogP contribution >= 0.6 is 0 Å². The Labute approximate surface area is 166 Å². The van der Waals surface area contributed by atoms with Gasteiger partial charge in [-0.1, -0.05) is 11.8 Å². The van der Waals surface area contributed by atoms with Gasteiger partial charge in [0, 0.05) is 65.4 Å². The second-order valence-electron chi connectivity index (χ2n) is 7.96. The summed E-state index contributed by atoms with van der Waals surface area (Å²) < 4.78 is 11.3. The van der Waals surface area contributed by atoms with Crippen LogP contribution in [0, 0.1) is 11.8 Å². The Balaban J connectivity index is 1.68. The highest BCUT2D eigenvalue weighted by molar-refractivity contribution is 5.01. The lowest BCUT2D eigenvalue weighted by Gasteiger charge is -2.30. The van der Waals surface area contributed by atoms with Gasteiger partial charge in [0.05, 0.1) is 13.2 Å². The molecule has 0 spiro atoms. The van der Waals surface area contributed by atoms with Crippen LogP contribution in [0.15, 0.2) is 0 Å². The number of likely N-dealkylation sites (N-methyl/N-ethyl adjacent to an activating group) is 3. The molecule has 0 aromatic rings. The van der Waals surface area contributed by atoms with Crippen molar-refractivity contribution in [3.63, 3.8) is 0 Å². The first-order chi connectivity index (χ1) is 13.1. The lowest BCUT2D eigenvalue weighted by Crippen LogP contribution is -2.43. The van der Waals surface area contributed by atoms with Crippen LogP contribution < -0.4 is 0 Å². The van der Waals surface area contributed by atoms with Crippen molar-refractivity contribution in [3.05, 3.63) is 0 Å². The standard InChI is InChI=1S/C21H40N4O2/c1-22-11-13-23(2)15-17-25(18-16-24(3)14-12-22)10-6-4-7-19-26-21-9-5-8-20-27-21/h21H,5,7-20H2,1-3H3. The van der Waals surface area contributed by atoms with Gasteiger partial charge in [0.1, 0.15) is 0 Å². The molecule has 6 nitrogen and oxygen atoms in total. The van der Waals surface area contributed by atoms with Gasteiger partial charge in [-0.15, -0.1) is 0 Å². The summed E-state index contributed by atoms with van der Waals surface area (Å²) in [6.45, 7) is 11.2. The van der Waals surface area contributed by atoms with E-state index in [1.807, 2.05) is 0 Å². The minimum atomic E-state index is 0.000674. The van der Waals surface area contributed by atoms with E-state index in [-0.39, 0.29) is 6.29 Å². The summed E-state index contributed by atoms with van der Waals surface area (Å²) >= 11 is 0. The molecule has 2 aliphatic heterocycles. The number of nitrogens with zero attached hydrogens (tertiary/aromatic N) is 4. The predicted octanol–water partition coefficient (Wildman–Crippen LogP) is 1.03. The minimum Gasteiger partial charge on any atom is -0.353 e. The molecule has 156 valence electrons. The molecule has 0 bridgehead atoms. The second kappa shape index (κ2) is 13.5. The SMILES string of the molecule is CN1CCN(C)CCN(CC#CCCOC2CCCCO2)CCN(C)CC1. The fraction of sp³-hybridized carbons (Fsp3) is 0.905. The molecule has 0 N–H and O–H groups in total. The molecule has 1 unspecified atom stereocenters. The van der Waals surface area contributed by atoms with Gasteiger partial charge in [0.25, 0.3) is 0 Å².